The highest BCUT2D eigenvalue weighted by Gasteiger charge is 2.38. The summed E-state index contributed by atoms with van der Waals surface area (Å²) in [4.78, 5) is 185. The highest BCUT2D eigenvalue weighted by molar-refractivity contribution is 6.00. The molecule has 29 heteroatoms. The molecule has 8 atom stereocenters. The minimum absolute atomic E-state index is 0.0963. The average Bonchev–Trinajstić information content (AvgIpc) is 3.40. The number of ether oxygens (including phenoxy) is 1. The Kier molecular flexibility index (Phi) is 30.5. The van der Waals surface area contributed by atoms with Crippen molar-refractivity contribution in [1.82, 2.24) is 47.9 Å². The zero-order chi connectivity index (χ0) is 60.8. The fraction of sp³-hybridized carbons (Fsp3) is 0.615. The molecule has 0 spiro atoms. The number of primary amides is 2. The Bertz CT molecular complexity index is 2390. The predicted octanol–water partition coefficient (Wildman–Crippen LogP) is -2.44. The number of phenolic OH excluding ortho intramolecular Hbond substituents is 1. The predicted molar refractivity (Wildman–Crippen MR) is 285 cm³/mol. The zero-order valence-corrected chi connectivity index (χ0v) is 46.1. The highest BCUT2D eigenvalue weighted by atomic mass is 16.5. The smallest absolute Gasteiger partial charge is 0.329 e. The van der Waals surface area contributed by atoms with Gasteiger partial charge >= 0.3 is 17.9 Å². The first-order valence-electron chi connectivity index (χ1n) is 26.8. The van der Waals surface area contributed by atoms with Gasteiger partial charge in [0.05, 0.1) is 32.4 Å². The number of esters is 1. The summed E-state index contributed by atoms with van der Waals surface area (Å²) >= 11 is 0. The molecule has 0 aliphatic carbocycles. The van der Waals surface area contributed by atoms with Gasteiger partial charge in [0.1, 0.15) is 54.1 Å². The largest absolute Gasteiger partial charge is 0.508 e. The molecule has 1 aliphatic rings. The van der Waals surface area contributed by atoms with Crippen LogP contribution in [0, 0.1) is 5.92 Å². The van der Waals surface area contributed by atoms with Gasteiger partial charge < -0.3 is 79.4 Å². The number of aromatic hydroxyl groups is 1. The van der Waals surface area contributed by atoms with E-state index in [4.69, 9.17) is 16.2 Å². The molecule has 0 aromatic heterocycles. The number of amides is 11. The van der Waals surface area contributed by atoms with Crippen LogP contribution in [0.25, 0.3) is 0 Å². The topological polar surface area (TPSA) is 469 Å². The van der Waals surface area contributed by atoms with E-state index in [1.165, 1.54) is 51.5 Å². The van der Waals surface area contributed by atoms with E-state index in [1.807, 2.05) is 10.6 Å². The number of aliphatic carboxylic acids is 2. The molecule has 1 fully saturated rings. The Balaban J connectivity index is 2.70. The first kappa shape index (κ1) is 68.7. The van der Waals surface area contributed by atoms with Crippen LogP contribution < -0.4 is 59.3 Å². The van der Waals surface area contributed by atoms with Gasteiger partial charge in [-0.1, -0.05) is 90.7 Å². The quantitative estimate of drug-likeness (QED) is 0.0378. The molecule has 81 heavy (non-hydrogen) atoms. The average molecular weight is 1150 g/mol. The summed E-state index contributed by atoms with van der Waals surface area (Å²) in [7, 11) is 0. The monoisotopic (exact) mass is 1150 g/mol. The van der Waals surface area contributed by atoms with Gasteiger partial charge in [-0.25, -0.2) is 4.79 Å². The van der Waals surface area contributed by atoms with E-state index in [0.717, 1.165) is 44.9 Å². The maximum Gasteiger partial charge on any atom is 0.329 e. The number of rotatable bonds is 24. The number of carboxylic acid groups (broad SMARTS) is 2. The molecule has 0 saturated carbocycles. The zero-order valence-electron chi connectivity index (χ0n) is 46.1. The standard InChI is InChI=1S/C52H79N11O18/c1-5-6-7-8-9-10-11-12-13-14-15-39(67)62-45-29(4)81-52(80)44(28(2)3)63-50(78)33(22-30-16-18-31(64)19-17-30)57-40(68)26-55-47(75)36(25-43(72)73)61-49(77)34(23-38(54)66)58-41(69)27-56-46(74)35(24-42(70)71)60-48(76)32(59-51(45)79)20-21-37(53)65/h16-19,28-29,32-36,44-45,64H,5-15,20-27H2,1-4H3,(H2,53,65)(H2,54,66)(H,55,75)(H,56,74)(H,57,68)(H,58,69)(H,59,79)(H,60,76)(H,61,77)(H,62,67)(H,63,78)(H,70,71)(H,72,73)/t29-,32-,33+,34+,35+,36+,44+,45+/m1/s1. The van der Waals surface area contributed by atoms with Gasteiger partial charge in [-0.05, 0) is 43.4 Å². The van der Waals surface area contributed by atoms with E-state index in [-0.39, 0.29) is 18.6 Å². The fourth-order valence-electron chi connectivity index (χ4n) is 8.18. The summed E-state index contributed by atoms with van der Waals surface area (Å²) in [6.07, 6.45) is 3.11. The van der Waals surface area contributed by atoms with Crippen molar-refractivity contribution in [3.8, 4) is 5.75 Å². The Morgan fingerprint density at radius 3 is 1.52 bits per heavy atom. The molecule has 29 nitrogen and oxygen atoms in total. The van der Waals surface area contributed by atoms with Crippen molar-refractivity contribution in [3.63, 3.8) is 0 Å². The van der Waals surface area contributed by atoms with Crippen molar-refractivity contribution in [2.45, 2.75) is 185 Å². The van der Waals surface area contributed by atoms with Gasteiger partial charge in [0, 0.05) is 19.3 Å². The lowest BCUT2D eigenvalue weighted by Gasteiger charge is -2.30. The number of nitrogens with two attached hydrogens (primary N) is 2. The molecule has 1 aromatic carbocycles. The van der Waals surface area contributed by atoms with Crippen molar-refractivity contribution >= 4 is 82.9 Å². The normalized spacial score (nSPS) is 22.6. The number of cyclic esters (lactones) is 1. The van der Waals surface area contributed by atoms with Crippen LogP contribution in [-0.4, -0.2) is 160 Å². The number of unbranched alkanes of at least 4 members (excludes halogenated alkanes) is 9. The van der Waals surface area contributed by atoms with Gasteiger partial charge in [0.15, 0.2) is 0 Å². The lowest BCUT2D eigenvalue weighted by Crippen LogP contribution is -2.60. The minimum atomic E-state index is -2.02. The molecule has 0 radical (unpaired) electrons. The van der Waals surface area contributed by atoms with Crippen molar-refractivity contribution in [2.24, 2.45) is 17.4 Å². The third kappa shape index (κ3) is 27.4. The Morgan fingerprint density at radius 1 is 0.580 bits per heavy atom. The second-order valence-corrected chi connectivity index (χ2v) is 20.0. The molecule has 11 amide bonds. The summed E-state index contributed by atoms with van der Waals surface area (Å²) in [6.45, 7) is 4.33. The van der Waals surface area contributed by atoms with Crippen molar-refractivity contribution in [3.05, 3.63) is 29.8 Å². The molecular weight excluding hydrogens is 1070 g/mol. The number of carbonyl (C=O) groups is 14. The highest BCUT2D eigenvalue weighted by Crippen LogP contribution is 2.16. The van der Waals surface area contributed by atoms with Crippen molar-refractivity contribution in [1.29, 1.82) is 0 Å². The molecule has 1 aliphatic heterocycles. The minimum Gasteiger partial charge on any atom is -0.508 e. The van der Waals surface area contributed by atoms with Crippen LogP contribution in [0.15, 0.2) is 24.3 Å². The number of carboxylic acids is 2. The fourth-order valence-corrected chi connectivity index (χ4v) is 8.18. The lowest BCUT2D eigenvalue weighted by atomic mass is 10.0. The second kappa shape index (κ2) is 36.0. The van der Waals surface area contributed by atoms with Gasteiger partial charge in [0.2, 0.25) is 65.0 Å². The molecule has 0 bridgehead atoms. The van der Waals surface area contributed by atoms with E-state index in [0.29, 0.717) is 18.4 Å². The molecule has 0 unspecified atom stereocenters. The third-order valence-electron chi connectivity index (χ3n) is 12.6. The number of carbonyl (C=O) groups excluding carboxylic acids is 12. The Morgan fingerprint density at radius 2 is 1.04 bits per heavy atom. The molecule has 1 aromatic rings. The molecule has 2 rings (SSSR count). The van der Waals surface area contributed by atoms with Crippen LogP contribution in [0.4, 0.5) is 0 Å². The van der Waals surface area contributed by atoms with E-state index in [1.54, 1.807) is 0 Å². The van der Waals surface area contributed by atoms with Crippen LogP contribution in [0.1, 0.15) is 136 Å². The SMILES string of the molecule is CCCCCCCCCCCCC(=O)N[C@@H]1C(=O)N[C@H](CCC(N)=O)C(=O)N[C@@H](CC(=O)O)C(=O)NCC(=O)N[C@@H](CC(N)=O)C(=O)N[C@@H](CC(=O)O)C(=O)NCC(=O)N[C@@H](Cc2ccc(O)cc2)C(=O)N[C@@H](C(C)C)C(=O)O[C@@H]1C. The summed E-state index contributed by atoms with van der Waals surface area (Å²) in [5.74, 6) is -18.0. The maximum absolute atomic E-state index is 14.3. The summed E-state index contributed by atoms with van der Waals surface area (Å²) in [6, 6.07) is -7.29. The Labute approximate surface area is 468 Å². The van der Waals surface area contributed by atoms with E-state index >= 15 is 0 Å². The van der Waals surface area contributed by atoms with Crippen molar-refractivity contribution in [2.75, 3.05) is 13.1 Å². The van der Waals surface area contributed by atoms with E-state index in [2.05, 4.69) is 44.1 Å². The summed E-state index contributed by atoms with van der Waals surface area (Å²) in [5, 5.41) is 49.4. The number of benzene rings is 1. The number of phenols is 1. The first-order chi connectivity index (χ1) is 38.2. The molecule has 16 N–H and O–H groups in total. The van der Waals surface area contributed by atoms with Gasteiger partial charge in [0.25, 0.3) is 0 Å². The van der Waals surface area contributed by atoms with Crippen LogP contribution in [0.2, 0.25) is 0 Å². The van der Waals surface area contributed by atoms with Gasteiger partial charge in [-0.3, -0.25) is 62.3 Å². The molecular formula is C52H79N11O18. The lowest BCUT2D eigenvalue weighted by molar-refractivity contribution is -0.157. The van der Waals surface area contributed by atoms with Crippen LogP contribution >= 0.6 is 0 Å². The van der Waals surface area contributed by atoms with Crippen LogP contribution in [0.3, 0.4) is 0 Å². The number of hydrogen-bond acceptors (Lipinski definition) is 16. The summed E-state index contributed by atoms with van der Waals surface area (Å²) < 4.78 is 5.74. The van der Waals surface area contributed by atoms with E-state index < -0.39 is 182 Å². The van der Waals surface area contributed by atoms with Gasteiger partial charge in [-0.15, -0.1) is 0 Å². The molecule has 1 heterocycles. The molecule has 450 valence electrons. The van der Waals surface area contributed by atoms with Crippen LogP contribution in [-0.2, 0) is 78.3 Å². The maximum atomic E-state index is 14.3. The first-order valence-corrected chi connectivity index (χ1v) is 26.8. The summed E-state index contributed by atoms with van der Waals surface area (Å²) in [5.41, 5.74) is 11.0. The van der Waals surface area contributed by atoms with Gasteiger partial charge in [-0.2, -0.15) is 0 Å². The Hall–Kier alpha value is -8.40. The molecule has 1 saturated heterocycles. The van der Waals surface area contributed by atoms with Crippen LogP contribution in [0.5, 0.6) is 5.75 Å². The third-order valence-corrected chi connectivity index (χ3v) is 12.6. The number of nitrogens with one attached hydrogen (secondary N) is 9. The second-order valence-electron chi connectivity index (χ2n) is 20.0. The van der Waals surface area contributed by atoms with Crippen molar-refractivity contribution < 1.29 is 87.2 Å². The number of hydrogen-bond donors (Lipinski definition) is 14. The van der Waals surface area contributed by atoms with E-state index in [9.17, 15) is 82.4 Å².